The molecule has 20 nitrogen and oxygen atoms in total. The lowest BCUT2D eigenvalue weighted by molar-refractivity contribution is 0.0654. The predicted octanol–water partition coefficient (Wildman–Crippen LogP) is -0.324. The molecule has 292 valence electrons. The minimum Gasteiger partial charge on any atom is -0.425 e. The van der Waals surface area contributed by atoms with Gasteiger partial charge in [0.05, 0.1) is 0 Å². The van der Waals surface area contributed by atoms with Crippen LogP contribution in [0.25, 0.3) is 0 Å². The van der Waals surface area contributed by atoms with Crippen molar-refractivity contribution >= 4 is 23.6 Å². The van der Waals surface area contributed by atoms with Crippen molar-refractivity contribution in [1.82, 2.24) is 39.4 Å². The van der Waals surface area contributed by atoms with Crippen molar-refractivity contribution in [3.05, 3.63) is 137 Å². The average Bonchev–Trinajstić information content (AvgIpc) is 3.15. The predicted molar refractivity (Wildman–Crippen MR) is 191 cm³/mol. The minimum atomic E-state index is -0.840. The molecular formula is C35H40N8O12. The number of aromatic nitrogens is 4. The average molecular weight is 765 g/mol. The molecule has 0 spiro atoms. The molecule has 4 aromatic rings. The molecule has 0 radical (unpaired) electrons. The Balaban J connectivity index is 1.43. The Morgan fingerprint density at radius 1 is 0.545 bits per heavy atom. The van der Waals surface area contributed by atoms with Gasteiger partial charge in [-0.3, -0.25) is 38.4 Å². The van der Waals surface area contributed by atoms with Gasteiger partial charge in [0, 0.05) is 63.0 Å². The lowest BCUT2D eigenvalue weighted by Crippen LogP contribution is -2.41. The summed E-state index contributed by atoms with van der Waals surface area (Å²) in [5.74, 6) is -2.92. The van der Waals surface area contributed by atoms with Crippen LogP contribution < -0.4 is 32.9 Å². The van der Waals surface area contributed by atoms with Crippen molar-refractivity contribution in [1.29, 1.82) is 0 Å². The maximum Gasteiger partial charge on any atom is 0.283 e. The smallest absolute Gasteiger partial charge is 0.283 e. The second kappa shape index (κ2) is 18.6. The Labute approximate surface area is 311 Å². The summed E-state index contributed by atoms with van der Waals surface area (Å²) in [5, 5.41) is 45.5. The number of hydrogen-bond donors (Lipinski definition) is 6. The fourth-order valence-corrected chi connectivity index (χ4v) is 5.43. The van der Waals surface area contributed by atoms with Crippen LogP contribution in [0, 0.1) is 0 Å². The van der Waals surface area contributed by atoms with Crippen LogP contribution in [-0.2, 0) is 0 Å². The van der Waals surface area contributed by atoms with Crippen molar-refractivity contribution < 1.29 is 40.0 Å². The molecular weight excluding hydrogens is 724 g/mol. The zero-order valence-electron chi connectivity index (χ0n) is 29.6. The number of unbranched alkanes of at least 4 members (excludes halogenated alkanes) is 1. The summed E-state index contributed by atoms with van der Waals surface area (Å²) in [7, 11) is 0. The Kier molecular flexibility index (Phi) is 13.7. The molecule has 0 aliphatic carbocycles. The number of rotatable bonds is 17. The molecule has 0 bridgehead atoms. The van der Waals surface area contributed by atoms with Gasteiger partial charge in [-0.2, -0.15) is 0 Å². The number of hydrogen-bond acceptors (Lipinski definition) is 12. The van der Waals surface area contributed by atoms with E-state index >= 15 is 0 Å². The molecule has 4 amide bonds. The fraction of sp³-hybridized carbons (Fsp3) is 0.314. The molecule has 0 aliphatic heterocycles. The summed E-state index contributed by atoms with van der Waals surface area (Å²) in [6.07, 6.45) is 0.865. The Hall–Kier alpha value is -7.12. The lowest BCUT2D eigenvalue weighted by atomic mass is 10.1. The lowest BCUT2D eigenvalue weighted by Gasteiger charge is -2.26. The van der Waals surface area contributed by atoms with Gasteiger partial charge < -0.3 is 41.3 Å². The highest BCUT2D eigenvalue weighted by atomic mass is 16.5. The van der Waals surface area contributed by atoms with Crippen LogP contribution in [-0.4, -0.2) is 112 Å². The Morgan fingerprint density at radius 3 is 1.36 bits per heavy atom. The normalized spacial score (nSPS) is 11.4. The van der Waals surface area contributed by atoms with Crippen LogP contribution in [0.2, 0.25) is 0 Å². The molecule has 4 heterocycles. The summed E-state index contributed by atoms with van der Waals surface area (Å²) in [6, 6.07) is 13.9. The highest BCUT2D eigenvalue weighted by Gasteiger charge is 2.23. The van der Waals surface area contributed by atoms with Crippen molar-refractivity contribution in [2.45, 2.75) is 38.6 Å². The molecule has 0 saturated heterocycles. The van der Waals surface area contributed by atoms with E-state index < -0.39 is 51.9 Å². The summed E-state index contributed by atoms with van der Waals surface area (Å²) >= 11 is 0. The highest BCUT2D eigenvalue weighted by molar-refractivity contribution is 5.94. The van der Waals surface area contributed by atoms with Crippen LogP contribution in [0.4, 0.5) is 0 Å². The topological polar surface area (TPSA) is 268 Å². The SMILES string of the molecule is CC(CCN(CCCCN(CCCNC(=O)c1cccc(=O)n1O)C(=O)c1cccc(=O)n1O)C(=O)c1cccc(=O)n1O)NC(=O)c1cccc(=O)n1O. The third-order valence-electron chi connectivity index (χ3n) is 8.40. The van der Waals surface area contributed by atoms with E-state index in [1.54, 1.807) is 6.92 Å². The summed E-state index contributed by atoms with van der Waals surface area (Å²) < 4.78 is 0.818. The van der Waals surface area contributed by atoms with Crippen LogP contribution >= 0.6 is 0 Å². The first-order valence-corrected chi connectivity index (χ1v) is 17.0. The third-order valence-corrected chi connectivity index (χ3v) is 8.40. The van der Waals surface area contributed by atoms with E-state index in [1.807, 2.05) is 0 Å². The number of nitrogens with one attached hydrogen (secondary N) is 2. The van der Waals surface area contributed by atoms with E-state index in [1.165, 1.54) is 58.3 Å². The van der Waals surface area contributed by atoms with E-state index in [9.17, 15) is 59.2 Å². The van der Waals surface area contributed by atoms with Gasteiger partial charge in [-0.25, -0.2) is 0 Å². The van der Waals surface area contributed by atoms with Crippen LogP contribution in [0.3, 0.4) is 0 Å². The Morgan fingerprint density at radius 2 is 0.909 bits per heavy atom. The maximum absolute atomic E-state index is 13.6. The van der Waals surface area contributed by atoms with Gasteiger partial charge in [0.15, 0.2) is 0 Å². The van der Waals surface area contributed by atoms with Crippen LogP contribution in [0.5, 0.6) is 0 Å². The van der Waals surface area contributed by atoms with E-state index in [4.69, 9.17) is 0 Å². The largest absolute Gasteiger partial charge is 0.425 e. The van der Waals surface area contributed by atoms with Gasteiger partial charge in [-0.1, -0.05) is 24.3 Å². The van der Waals surface area contributed by atoms with Gasteiger partial charge in [-0.05, 0) is 56.9 Å². The number of carbonyl (C=O) groups excluding carboxylic acids is 4. The molecule has 4 rings (SSSR count). The van der Waals surface area contributed by atoms with E-state index in [0.29, 0.717) is 0 Å². The van der Waals surface area contributed by atoms with Gasteiger partial charge in [0.25, 0.3) is 45.9 Å². The zero-order chi connectivity index (χ0) is 40.2. The molecule has 55 heavy (non-hydrogen) atoms. The van der Waals surface area contributed by atoms with E-state index in [-0.39, 0.29) is 100 Å². The van der Waals surface area contributed by atoms with Gasteiger partial charge in [-0.15, -0.1) is 18.9 Å². The van der Waals surface area contributed by atoms with Gasteiger partial charge >= 0.3 is 0 Å². The van der Waals surface area contributed by atoms with E-state index in [2.05, 4.69) is 10.6 Å². The van der Waals surface area contributed by atoms with Crippen LogP contribution in [0.15, 0.2) is 92.0 Å². The second-order valence-corrected chi connectivity index (χ2v) is 12.3. The third kappa shape index (κ3) is 10.3. The minimum absolute atomic E-state index is 0.00396. The summed E-state index contributed by atoms with van der Waals surface area (Å²) in [5.41, 5.74) is -4.54. The molecule has 4 aromatic heterocycles. The first-order chi connectivity index (χ1) is 26.2. The molecule has 1 unspecified atom stereocenters. The molecule has 0 fully saturated rings. The standard InChI is InChI=1S/C35H40N8O12/c1-23(37-33(49)25-10-5-14-29(45)41(25)53)17-22-39(35(51)27-12-7-16-31(47)43(27)55)20-3-2-19-38(34(50)26-11-6-15-30(46)42(26)54)21-8-18-36-32(48)24-9-4-13-28(44)40(24)52/h4-7,9-16,23,52-55H,2-3,8,17-22H2,1H3,(H,36,48)(H,37,49). The van der Waals surface area contributed by atoms with Crippen LogP contribution in [0.1, 0.15) is 74.6 Å². The molecule has 20 heteroatoms. The highest BCUT2D eigenvalue weighted by Crippen LogP contribution is 2.10. The fourth-order valence-electron chi connectivity index (χ4n) is 5.43. The van der Waals surface area contributed by atoms with Gasteiger partial charge in [0.1, 0.15) is 22.8 Å². The first kappa shape index (κ1) is 40.6. The first-order valence-electron chi connectivity index (χ1n) is 17.0. The van der Waals surface area contributed by atoms with E-state index in [0.717, 1.165) is 24.3 Å². The quantitative estimate of drug-likeness (QED) is 0.0597. The van der Waals surface area contributed by atoms with Gasteiger partial charge in [0.2, 0.25) is 0 Å². The zero-order valence-corrected chi connectivity index (χ0v) is 29.6. The molecule has 0 saturated carbocycles. The number of nitrogens with zero attached hydrogens (tertiary/aromatic N) is 6. The monoisotopic (exact) mass is 764 g/mol. The maximum atomic E-state index is 13.6. The molecule has 0 aromatic carbocycles. The number of amides is 4. The molecule has 1 atom stereocenters. The molecule has 0 aliphatic rings. The number of pyridine rings is 4. The number of carbonyl (C=O) groups is 4. The van der Waals surface area contributed by atoms with Crippen molar-refractivity contribution in [3.8, 4) is 0 Å². The summed E-state index contributed by atoms with van der Waals surface area (Å²) in [6.45, 7) is 1.76. The van der Waals surface area contributed by atoms with Crippen molar-refractivity contribution in [3.63, 3.8) is 0 Å². The van der Waals surface area contributed by atoms with Crippen molar-refractivity contribution in [2.75, 3.05) is 32.7 Å². The molecule has 6 N–H and O–H groups in total. The Bertz CT molecular complexity index is 2280. The second-order valence-electron chi connectivity index (χ2n) is 12.3. The van der Waals surface area contributed by atoms with Crippen molar-refractivity contribution in [2.24, 2.45) is 0 Å². The summed E-state index contributed by atoms with van der Waals surface area (Å²) in [4.78, 5) is 102.